The highest BCUT2D eigenvalue weighted by Gasteiger charge is 2.13. The number of likely N-dealkylation sites (N-methyl/N-ethyl adjacent to an activating group) is 1. The Bertz CT molecular complexity index is 431. The first-order valence-electron chi connectivity index (χ1n) is 6.59. The van der Waals surface area contributed by atoms with Gasteiger partial charge < -0.3 is 21.1 Å². The summed E-state index contributed by atoms with van der Waals surface area (Å²) in [6.07, 6.45) is 0. The van der Waals surface area contributed by atoms with Crippen molar-refractivity contribution in [3.8, 4) is 0 Å². The third-order valence-corrected chi connectivity index (χ3v) is 3.10. The van der Waals surface area contributed by atoms with Crippen LogP contribution in [0, 0.1) is 0 Å². The number of rotatable bonds is 7. The van der Waals surface area contributed by atoms with E-state index in [1.807, 2.05) is 6.92 Å². The summed E-state index contributed by atoms with van der Waals surface area (Å²) >= 11 is 0. The Morgan fingerprint density at radius 1 is 1.42 bits per heavy atom. The van der Waals surface area contributed by atoms with Crippen molar-refractivity contribution in [3.63, 3.8) is 0 Å². The Morgan fingerprint density at radius 2 is 2.05 bits per heavy atom. The number of hydrogen-bond donors (Lipinski definition) is 3. The molecule has 0 spiro atoms. The molecule has 1 aromatic rings. The van der Waals surface area contributed by atoms with Gasteiger partial charge in [-0.3, -0.25) is 0 Å². The van der Waals surface area contributed by atoms with Gasteiger partial charge in [0.2, 0.25) is 0 Å². The van der Waals surface area contributed by atoms with Crippen LogP contribution in [0.1, 0.15) is 31.1 Å². The SMILES string of the molecule is CCN(CC)CC(C)Nc1cc(N)ccc1C(=O)O. The lowest BCUT2D eigenvalue weighted by atomic mass is 10.1. The molecule has 0 aliphatic rings. The zero-order valence-corrected chi connectivity index (χ0v) is 11.8. The van der Waals surface area contributed by atoms with Crippen molar-refractivity contribution in [2.75, 3.05) is 30.7 Å². The highest BCUT2D eigenvalue weighted by atomic mass is 16.4. The third-order valence-electron chi connectivity index (χ3n) is 3.10. The van der Waals surface area contributed by atoms with Gasteiger partial charge in [0.25, 0.3) is 0 Å². The van der Waals surface area contributed by atoms with E-state index in [-0.39, 0.29) is 11.6 Å². The van der Waals surface area contributed by atoms with Crippen molar-refractivity contribution in [2.45, 2.75) is 26.8 Å². The third kappa shape index (κ3) is 4.44. The van der Waals surface area contributed by atoms with Crippen molar-refractivity contribution >= 4 is 17.3 Å². The lowest BCUT2D eigenvalue weighted by Gasteiger charge is -2.24. The molecule has 0 fully saturated rings. The lowest BCUT2D eigenvalue weighted by Crippen LogP contribution is -2.35. The highest BCUT2D eigenvalue weighted by molar-refractivity contribution is 5.95. The lowest BCUT2D eigenvalue weighted by molar-refractivity contribution is 0.0698. The Kier molecular flexibility index (Phi) is 5.63. The molecular weight excluding hydrogens is 242 g/mol. The molecule has 0 aliphatic carbocycles. The van der Waals surface area contributed by atoms with Gasteiger partial charge in [-0.25, -0.2) is 4.79 Å². The topological polar surface area (TPSA) is 78.6 Å². The van der Waals surface area contributed by atoms with Crippen molar-refractivity contribution in [1.29, 1.82) is 0 Å². The van der Waals surface area contributed by atoms with E-state index in [2.05, 4.69) is 24.1 Å². The number of nitrogens with two attached hydrogens (primary N) is 1. The summed E-state index contributed by atoms with van der Waals surface area (Å²) in [6, 6.07) is 4.95. The number of benzene rings is 1. The predicted octanol–water partition coefficient (Wildman–Crippen LogP) is 2.11. The molecule has 0 amide bonds. The molecule has 5 heteroatoms. The van der Waals surface area contributed by atoms with Crippen molar-refractivity contribution in [2.24, 2.45) is 0 Å². The molecule has 1 rings (SSSR count). The van der Waals surface area contributed by atoms with E-state index in [4.69, 9.17) is 10.8 Å². The zero-order chi connectivity index (χ0) is 14.4. The molecule has 0 saturated carbocycles. The second-order valence-electron chi connectivity index (χ2n) is 4.64. The fourth-order valence-corrected chi connectivity index (χ4v) is 2.05. The Balaban J connectivity index is 2.80. The number of hydrogen-bond acceptors (Lipinski definition) is 4. The van der Waals surface area contributed by atoms with E-state index in [9.17, 15) is 4.79 Å². The van der Waals surface area contributed by atoms with Gasteiger partial charge in [0.1, 0.15) is 0 Å². The predicted molar refractivity (Wildman–Crippen MR) is 78.7 cm³/mol. The van der Waals surface area contributed by atoms with Crippen molar-refractivity contribution < 1.29 is 9.90 Å². The molecule has 0 bridgehead atoms. The Morgan fingerprint density at radius 3 is 2.58 bits per heavy atom. The van der Waals surface area contributed by atoms with Gasteiger partial charge in [-0.15, -0.1) is 0 Å². The smallest absolute Gasteiger partial charge is 0.337 e. The number of anilines is 2. The molecule has 19 heavy (non-hydrogen) atoms. The normalized spacial score (nSPS) is 12.4. The first-order valence-corrected chi connectivity index (χ1v) is 6.59. The molecule has 0 heterocycles. The summed E-state index contributed by atoms with van der Waals surface area (Å²) in [5.74, 6) is -0.947. The molecule has 1 unspecified atom stereocenters. The first-order chi connectivity index (χ1) is 8.97. The van der Waals surface area contributed by atoms with Crippen LogP contribution in [0.25, 0.3) is 0 Å². The van der Waals surface area contributed by atoms with Crippen LogP contribution in [0.2, 0.25) is 0 Å². The number of carboxylic acid groups (broad SMARTS) is 1. The number of nitrogens with zero attached hydrogens (tertiary/aromatic N) is 1. The van der Waals surface area contributed by atoms with Crippen LogP contribution in [0.15, 0.2) is 18.2 Å². The maximum Gasteiger partial charge on any atom is 0.337 e. The zero-order valence-electron chi connectivity index (χ0n) is 11.8. The minimum Gasteiger partial charge on any atom is -0.478 e. The summed E-state index contributed by atoms with van der Waals surface area (Å²) in [5, 5.41) is 12.4. The maximum atomic E-state index is 11.2. The molecule has 1 atom stereocenters. The van der Waals surface area contributed by atoms with Gasteiger partial charge in [-0.2, -0.15) is 0 Å². The van der Waals surface area contributed by atoms with Crippen LogP contribution >= 0.6 is 0 Å². The highest BCUT2D eigenvalue weighted by Crippen LogP contribution is 2.20. The largest absolute Gasteiger partial charge is 0.478 e. The average Bonchev–Trinajstić information content (AvgIpc) is 2.35. The van der Waals surface area contributed by atoms with Gasteiger partial charge in [-0.05, 0) is 38.2 Å². The molecule has 0 radical (unpaired) electrons. The molecule has 0 saturated heterocycles. The number of carbonyl (C=O) groups is 1. The van der Waals surface area contributed by atoms with Crippen LogP contribution in [-0.4, -0.2) is 41.7 Å². The van der Waals surface area contributed by atoms with Gasteiger partial charge in [0.05, 0.1) is 11.3 Å². The monoisotopic (exact) mass is 265 g/mol. The van der Waals surface area contributed by atoms with E-state index < -0.39 is 5.97 Å². The Labute approximate surface area is 114 Å². The van der Waals surface area contributed by atoms with E-state index >= 15 is 0 Å². The Hall–Kier alpha value is -1.75. The molecule has 0 aromatic heterocycles. The maximum absolute atomic E-state index is 11.2. The van der Waals surface area contributed by atoms with Crippen LogP contribution in [0.3, 0.4) is 0 Å². The second-order valence-corrected chi connectivity index (χ2v) is 4.64. The van der Waals surface area contributed by atoms with Crippen molar-refractivity contribution in [3.05, 3.63) is 23.8 Å². The molecule has 1 aromatic carbocycles. The van der Waals surface area contributed by atoms with Crippen LogP contribution in [-0.2, 0) is 0 Å². The van der Waals surface area contributed by atoms with Gasteiger partial charge in [0.15, 0.2) is 0 Å². The number of aromatic carboxylic acids is 1. The summed E-state index contributed by atoms with van der Waals surface area (Å²) in [6.45, 7) is 9.07. The summed E-state index contributed by atoms with van der Waals surface area (Å²) in [7, 11) is 0. The quantitative estimate of drug-likeness (QED) is 0.658. The minimum atomic E-state index is -0.947. The number of carboxylic acids is 1. The minimum absolute atomic E-state index is 0.153. The fraction of sp³-hybridized carbons (Fsp3) is 0.500. The number of nitrogens with one attached hydrogen (secondary N) is 1. The second kappa shape index (κ2) is 6.99. The van der Waals surface area contributed by atoms with E-state index in [1.165, 1.54) is 6.07 Å². The van der Waals surface area contributed by atoms with Crippen LogP contribution in [0.4, 0.5) is 11.4 Å². The summed E-state index contributed by atoms with van der Waals surface area (Å²) in [5.41, 5.74) is 7.10. The standard InChI is InChI=1S/C14H23N3O2/c1-4-17(5-2)9-10(3)16-13-8-11(15)6-7-12(13)14(18)19/h6-8,10,16H,4-5,9,15H2,1-3H3,(H,18,19). The molecule has 106 valence electrons. The van der Waals surface area contributed by atoms with Crippen LogP contribution in [0.5, 0.6) is 0 Å². The van der Waals surface area contributed by atoms with Crippen LogP contribution < -0.4 is 11.1 Å². The molecule has 4 N–H and O–H groups in total. The van der Waals surface area contributed by atoms with Gasteiger partial charge in [-0.1, -0.05) is 13.8 Å². The molecular formula is C14H23N3O2. The van der Waals surface area contributed by atoms with Crippen molar-refractivity contribution in [1.82, 2.24) is 4.90 Å². The first kappa shape index (κ1) is 15.3. The van der Waals surface area contributed by atoms with Gasteiger partial charge >= 0.3 is 5.97 Å². The number of nitrogen functional groups attached to an aromatic ring is 1. The van der Waals surface area contributed by atoms with E-state index in [0.29, 0.717) is 11.4 Å². The summed E-state index contributed by atoms with van der Waals surface area (Å²) in [4.78, 5) is 13.4. The fourth-order valence-electron chi connectivity index (χ4n) is 2.05. The average molecular weight is 265 g/mol. The summed E-state index contributed by atoms with van der Waals surface area (Å²) < 4.78 is 0. The van der Waals surface area contributed by atoms with E-state index in [1.54, 1.807) is 12.1 Å². The molecule has 5 nitrogen and oxygen atoms in total. The van der Waals surface area contributed by atoms with E-state index in [0.717, 1.165) is 19.6 Å². The van der Waals surface area contributed by atoms with Gasteiger partial charge in [0, 0.05) is 18.3 Å². The molecule has 0 aliphatic heterocycles.